The number of carbonyl (C=O) groups excluding carboxylic acids is 2. The van der Waals surface area contributed by atoms with Crippen molar-refractivity contribution in [3.63, 3.8) is 0 Å². The average Bonchev–Trinajstić information content (AvgIpc) is 2.69. The van der Waals surface area contributed by atoms with Gasteiger partial charge in [0.2, 0.25) is 10.0 Å². The van der Waals surface area contributed by atoms with Crippen molar-refractivity contribution in [2.75, 3.05) is 25.4 Å². The number of amides is 2. The number of hydrogen-bond donors (Lipinski definition) is 0. The van der Waals surface area contributed by atoms with Crippen LogP contribution in [-0.2, 0) is 19.6 Å². The normalized spacial score (nSPS) is 22.9. The first-order valence-corrected chi connectivity index (χ1v) is 8.03. The standard InChI is InChI=1S/C11H18N2O5S/c1-2-7-19(16,17)12-5-3-9(4-6-12)13-10(14)8-18-11(13)15/h9H,2-8H2,1H3. The maximum atomic E-state index is 11.9. The van der Waals surface area contributed by atoms with Crippen molar-refractivity contribution in [2.24, 2.45) is 0 Å². The van der Waals surface area contributed by atoms with E-state index in [1.54, 1.807) is 0 Å². The minimum atomic E-state index is -3.19. The number of ether oxygens (including phenoxy) is 1. The van der Waals surface area contributed by atoms with E-state index in [2.05, 4.69) is 4.74 Å². The van der Waals surface area contributed by atoms with Crippen LogP contribution in [0.3, 0.4) is 0 Å². The van der Waals surface area contributed by atoms with Crippen LogP contribution in [0.15, 0.2) is 0 Å². The van der Waals surface area contributed by atoms with E-state index in [9.17, 15) is 18.0 Å². The van der Waals surface area contributed by atoms with Crippen molar-refractivity contribution in [1.82, 2.24) is 9.21 Å². The van der Waals surface area contributed by atoms with E-state index in [1.807, 2.05) is 6.92 Å². The second kappa shape index (κ2) is 5.46. The van der Waals surface area contributed by atoms with Gasteiger partial charge < -0.3 is 4.74 Å². The van der Waals surface area contributed by atoms with Crippen LogP contribution in [0.1, 0.15) is 26.2 Å². The molecule has 2 aliphatic rings. The van der Waals surface area contributed by atoms with Gasteiger partial charge in [0.05, 0.1) is 5.75 Å². The van der Waals surface area contributed by atoms with Gasteiger partial charge in [0, 0.05) is 19.1 Å². The molecular formula is C11H18N2O5S. The summed E-state index contributed by atoms with van der Waals surface area (Å²) >= 11 is 0. The highest BCUT2D eigenvalue weighted by molar-refractivity contribution is 7.89. The molecule has 0 atom stereocenters. The van der Waals surface area contributed by atoms with Crippen LogP contribution in [0.5, 0.6) is 0 Å². The van der Waals surface area contributed by atoms with Gasteiger partial charge in [-0.05, 0) is 19.3 Å². The highest BCUT2D eigenvalue weighted by Gasteiger charge is 2.39. The Morgan fingerprint density at radius 3 is 2.37 bits per heavy atom. The lowest BCUT2D eigenvalue weighted by molar-refractivity contribution is -0.127. The number of piperidine rings is 1. The van der Waals surface area contributed by atoms with Crippen LogP contribution in [0.2, 0.25) is 0 Å². The van der Waals surface area contributed by atoms with Crippen molar-refractivity contribution < 1.29 is 22.7 Å². The monoisotopic (exact) mass is 290 g/mol. The minimum absolute atomic E-state index is 0.141. The first-order chi connectivity index (χ1) is 8.95. The van der Waals surface area contributed by atoms with E-state index < -0.39 is 16.1 Å². The number of cyclic esters (lactones) is 1. The lowest BCUT2D eigenvalue weighted by atomic mass is 10.1. The summed E-state index contributed by atoms with van der Waals surface area (Å²) in [7, 11) is -3.19. The predicted molar refractivity (Wildman–Crippen MR) is 66.9 cm³/mol. The molecular weight excluding hydrogens is 272 g/mol. The van der Waals surface area contributed by atoms with Crippen LogP contribution in [0.25, 0.3) is 0 Å². The molecule has 0 aromatic rings. The molecule has 0 N–H and O–H groups in total. The van der Waals surface area contributed by atoms with Crippen molar-refractivity contribution in [3.8, 4) is 0 Å². The molecule has 0 radical (unpaired) electrons. The maximum Gasteiger partial charge on any atom is 0.417 e. The quantitative estimate of drug-likeness (QED) is 0.737. The van der Waals surface area contributed by atoms with Gasteiger partial charge in [-0.15, -0.1) is 0 Å². The Morgan fingerprint density at radius 2 is 1.89 bits per heavy atom. The molecule has 0 aliphatic carbocycles. The molecule has 0 aromatic heterocycles. The van der Waals surface area contributed by atoms with Gasteiger partial charge in [0.15, 0.2) is 6.61 Å². The lowest BCUT2D eigenvalue weighted by Crippen LogP contribution is -2.48. The zero-order valence-electron chi connectivity index (χ0n) is 10.9. The topological polar surface area (TPSA) is 84.0 Å². The molecule has 2 aliphatic heterocycles. The summed E-state index contributed by atoms with van der Waals surface area (Å²) in [6.07, 6.45) is 0.923. The number of carbonyl (C=O) groups is 2. The fraction of sp³-hybridized carbons (Fsp3) is 0.818. The Bertz CT molecular complexity index is 451. The predicted octanol–water partition coefficient (Wildman–Crippen LogP) is 0.169. The third-order valence-electron chi connectivity index (χ3n) is 3.43. The van der Waals surface area contributed by atoms with Gasteiger partial charge in [-0.1, -0.05) is 6.92 Å². The summed E-state index contributed by atoms with van der Waals surface area (Å²) in [5.41, 5.74) is 0. The van der Waals surface area contributed by atoms with Crippen molar-refractivity contribution in [3.05, 3.63) is 0 Å². The Hall–Kier alpha value is -1.15. The molecule has 0 aromatic carbocycles. The van der Waals surface area contributed by atoms with Crippen LogP contribution < -0.4 is 0 Å². The zero-order chi connectivity index (χ0) is 14.0. The van der Waals surface area contributed by atoms with Crippen LogP contribution >= 0.6 is 0 Å². The van der Waals surface area contributed by atoms with Crippen molar-refractivity contribution in [1.29, 1.82) is 0 Å². The number of nitrogens with zero attached hydrogens (tertiary/aromatic N) is 2. The molecule has 8 heteroatoms. The maximum absolute atomic E-state index is 11.9. The molecule has 19 heavy (non-hydrogen) atoms. The Labute approximate surface area is 112 Å². The minimum Gasteiger partial charge on any atom is -0.439 e. The van der Waals surface area contributed by atoms with Gasteiger partial charge in [0.25, 0.3) is 5.91 Å². The highest BCUT2D eigenvalue weighted by Crippen LogP contribution is 2.22. The van der Waals surface area contributed by atoms with E-state index in [1.165, 1.54) is 4.31 Å². The second-order valence-corrected chi connectivity index (χ2v) is 6.85. The largest absolute Gasteiger partial charge is 0.439 e. The fourth-order valence-electron chi connectivity index (χ4n) is 2.48. The highest BCUT2D eigenvalue weighted by atomic mass is 32.2. The second-order valence-electron chi connectivity index (χ2n) is 4.76. The van der Waals surface area contributed by atoms with E-state index in [0.29, 0.717) is 32.4 Å². The van der Waals surface area contributed by atoms with Crippen LogP contribution in [-0.4, -0.2) is 61.1 Å². The summed E-state index contributed by atoms with van der Waals surface area (Å²) in [5, 5.41) is 0. The van der Waals surface area contributed by atoms with Gasteiger partial charge in [-0.3, -0.25) is 4.79 Å². The molecule has 2 rings (SSSR count). The molecule has 108 valence electrons. The Balaban J connectivity index is 1.96. The number of rotatable bonds is 4. The fourth-order valence-corrected chi connectivity index (χ4v) is 4.02. The smallest absolute Gasteiger partial charge is 0.417 e. The lowest BCUT2D eigenvalue weighted by Gasteiger charge is -2.33. The summed E-state index contributed by atoms with van der Waals surface area (Å²) in [6.45, 7) is 2.32. The molecule has 2 fully saturated rings. The van der Waals surface area contributed by atoms with E-state index in [4.69, 9.17) is 0 Å². The van der Waals surface area contributed by atoms with E-state index in [0.717, 1.165) is 4.90 Å². The van der Waals surface area contributed by atoms with Crippen molar-refractivity contribution in [2.45, 2.75) is 32.2 Å². The molecule has 7 nitrogen and oxygen atoms in total. The SMILES string of the molecule is CCCS(=O)(=O)N1CCC(N2C(=O)COC2=O)CC1. The molecule has 0 saturated carbocycles. The summed E-state index contributed by atoms with van der Waals surface area (Å²) in [5.74, 6) is -0.192. The molecule has 0 unspecified atom stereocenters. The third kappa shape index (κ3) is 2.89. The number of hydrogen-bond acceptors (Lipinski definition) is 5. The molecule has 2 saturated heterocycles. The first kappa shape index (κ1) is 14.3. The van der Waals surface area contributed by atoms with E-state index in [-0.39, 0.29) is 24.3 Å². The van der Waals surface area contributed by atoms with Gasteiger partial charge in [-0.25, -0.2) is 22.4 Å². The number of imide groups is 1. The van der Waals surface area contributed by atoms with Gasteiger partial charge in [-0.2, -0.15) is 0 Å². The first-order valence-electron chi connectivity index (χ1n) is 6.42. The summed E-state index contributed by atoms with van der Waals surface area (Å²) in [6, 6.07) is -0.240. The van der Waals surface area contributed by atoms with Gasteiger partial charge >= 0.3 is 6.09 Å². The number of sulfonamides is 1. The van der Waals surface area contributed by atoms with Crippen LogP contribution in [0.4, 0.5) is 4.79 Å². The summed E-state index contributed by atoms with van der Waals surface area (Å²) in [4.78, 5) is 24.1. The van der Waals surface area contributed by atoms with Gasteiger partial charge in [0.1, 0.15) is 0 Å². The third-order valence-corrected chi connectivity index (χ3v) is 5.50. The molecule has 0 bridgehead atoms. The molecule has 2 amide bonds. The average molecular weight is 290 g/mol. The Morgan fingerprint density at radius 1 is 1.26 bits per heavy atom. The zero-order valence-corrected chi connectivity index (χ0v) is 11.7. The molecule has 2 heterocycles. The van der Waals surface area contributed by atoms with Crippen molar-refractivity contribution >= 4 is 22.0 Å². The summed E-state index contributed by atoms with van der Waals surface area (Å²) < 4.78 is 29.9. The van der Waals surface area contributed by atoms with E-state index >= 15 is 0 Å². The van der Waals surface area contributed by atoms with Crippen LogP contribution in [0, 0.1) is 0 Å². The molecule has 0 spiro atoms. The Kier molecular flexibility index (Phi) is 4.10.